The Labute approximate surface area is 99.6 Å². The second-order valence-electron chi connectivity index (χ2n) is 3.95. The molecule has 0 aromatic carbocycles. The predicted octanol–water partition coefficient (Wildman–Crippen LogP) is -0.174. The van der Waals surface area contributed by atoms with Gasteiger partial charge in [0.25, 0.3) is 11.8 Å². The van der Waals surface area contributed by atoms with Crippen molar-refractivity contribution in [1.82, 2.24) is 15.8 Å². The van der Waals surface area contributed by atoms with Crippen molar-refractivity contribution in [2.45, 2.75) is 19.9 Å². The summed E-state index contributed by atoms with van der Waals surface area (Å²) in [5.74, 6) is -0.813. The van der Waals surface area contributed by atoms with Gasteiger partial charge in [-0.2, -0.15) is 0 Å². The summed E-state index contributed by atoms with van der Waals surface area (Å²) < 4.78 is 0. The third-order valence-electron chi connectivity index (χ3n) is 2.26. The highest BCUT2D eigenvalue weighted by Crippen LogP contribution is 1.98. The Balaban J connectivity index is 2.47. The minimum Gasteiger partial charge on any atom is -0.320 e. The lowest BCUT2D eigenvalue weighted by atomic mass is 10.1. The van der Waals surface area contributed by atoms with Gasteiger partial charge in [-0.1, -0.05) is 13.8 Å². The number of hydrogen-bond donors (Lipinski definition) is 3. The highest BCUT2D eigenvalue weighted by Gasteiger charge is 2.17. The van der Waals surface area contributed by atoms with Crippen LogP contribution in [-0.4, -0.2) is 22.8 Å². The van der Waals surface area contributed by atoms with Crippen LogP contribution in [0.2, 0.25) is 0 Å². The molecular formula is C11H16N4O2. The molecule has 1 aromatic rings. The van der Waals surface area contributed by atoms with Crippen molar-refractivity contribution in [3.63, 3.8) is 0 Å². The average Bonchev–Trinajstić information content (AvgIpc) is 2.35. The van der Waals surface area contributed by atoms with E-state index >= 15 is 0 Å². The van der Waals surface area contributed by atoms with Crippen LogP contribution in [0.25, 0.3) is 0 Å². The molecule has 0 saturated heterocycles. The van der Waals surface area contributed by atoms with E-state index in [-0.39, 0.29) is 5.92 Å². The number of hydrogen-bond acceptors (Lipinski definition) is 4. The largest absolute Gasteiger partial charge is 0.320 e. The molecular weight excluding hydrogens is 220 g/mol. The molecule has 0 aliphatic rings. The molecule has 92 valence electrons. The Morgan fingerprint density at radius 2 is 1.82 bits per heavy atom. The van der Waals surface area contributed by atoms with Crippen LogP contribution in [0.4, 0.5) is 0 Å². The van der Waals surface area contributed by atoms with Crippen LogP contribution in [0, 0.1) is 5.92 Å². The number of rotatable bonds is 3. The molecule has 0 spiro atoms. The summed E-state index contributed by atoms with van der Waals surface area (Å²) in [6.45, 7) is 3.66. The highest BCUT2D eigenvalue weighted by molar-refractivity contribution is 5.95. The molecule has 0 bridgehead atoms. The minimum atomic E-state index is -0.646. The summed E-state index contributed by atoms with van der Waals surface area (Å²) in [5, 5.41) is 0. The van der Waals surface area contributed by atoms with Gasteiger partial charge in [-0.15, -0.1) is 0 Å². The van der Waals surface area contributed by atoms with Gasteiger partial charge >= 0.3 is 0 Å². The van der Waals surface area contributed by atoms with E-state index in [0.717, 1.165) is 0 Å². The van der Waals surface area contributed by atoms with Crippen LogP contribution in [0.15, 0.2) is 24.5 Å². The van der Waals surface area contributed by atoms with Crippen molar-refractivity contribution in [2.75, 3.05) is 0 Å². The van der Waals surface area contributed by atoms with Crippen molar-refractivity contribution >= 4 is 11.8 Å². The SMILES string of the molecule is CC(C)[C@H](N)C(=O)NNC(=O)c1ccncc1. The van der Waals surface area contributed by atoms with E-state index in [2.05, 4.69) is 15.8 Å². The first kappa shape index (κ1) is 13.1. The van der Waals surface area contributed by atoms with E-state index in [1.54, 1.807) is 12.1 Å². The molecule has 0 radical (unpaired) electrons. The van der Waals surface area contributed by atoms with Crippen LogP contribution in [0.5, 0.6) is 0 Å². The fraction of sp³-hybridized carbons (Fsp3) is 0.364. The number of aromatic nitrogens is 1. The average molecular weight is 236 g/mol. The van der Waals surface area contributed by atoms with Gasteiger partial charge in [-0.05, 0) is 18.1 Å². The van der Waals surface area contributed by atoms with Gasteiger partial charge in [-0.25, -0.2) is 0 Å². The standard InChI is InChI=1S/C11H16N4O2/c1-7(2)9(12)11(17)15-14-10(16)8-3-5-13-6-4-8/h3-7,9H,12H2,1-2H3,(H,14,16)(H,15,17)/t9-/m0/s1. The van der Waals surface area contributed by atoms with E-state index in [1.807, 2.05) is 13.8 Å². The monoisotopic (exact) mass is 236 g/mol. The van der Waals surface area contributed by atoms with Crippen LogP contribution in [0.1, 0.15) is 24.2 Å². The van der Waals surface area contributed by atoms with Crippen LogP contribution < -0.4 is 16.6 Å². The third-order valence-corrected chi connectivity index (χ3v) is 2.26. The fourth-order valence-corrected chi connectivity index (χ4v) is 1.08. The zero-order chi connectivity index (χ0) is 12.8. The quantitative estimate of drug-likeness (QED) is 0.634. The summed E-state index contributed by atoms with van der Waals surface area (Å²) in [7, 11) is 0. The van der Waals surface area contributed by atoms with Gasteiger partial charge in [0.05, 0.1) is 6.04 Å². The number of nitrogens with one attached hydrogen (secondary N) is 2. The molecule has 6 heteroatoms. The van der Waals surface area contributed by atoms with Crippen molar-refractivity contribution in [1.29, 1.82) is 0 Å². The Morgan fingerprint density at radius 3 is 2.35 bits per heavy atom. The van der Waals surface area contributed by atoms with Crippen molar-refractivity contribution in [3.8, 4) is 0 Å². The van der Waals surface area contributed by atoms with E-state index in [1.165, 1.54) is 12.4 Å². The minimum absolute atomic E-state index is 0.00725. The lowest BCUT2D eigenvalue weighted by Crippen LogP contribution is -2.51. The fourth-order valence-electron chi connectivity index (χ4n) is 1.08. The number of nitrogens with two attached hydrogens (primary N) is 1. The molecule has 1 heterocycles. The molecule has 2 amide bonds. The Hall–Kier alpha value is -1.95. The maximum atomic E-state index is 11.5. The van der Waals surface area contributed by atoms with Crippen molar-refractivity contribution < 1.29 is 9.59 Å². The lowest BCUT2D eigenvalue weighted by molar-refractivity contribution is -0.124. The second kappa shape index (κ2) is 5.95. The van der Waals surface area contributed by atoms with Crippen LogP contribution in [-0.2, 0) is 4.79 Å². The summed E-state index contributed by atoms with van der Waals surface area (Å²) >= 11 is 0. The van der Waals surface area contributed by atoms with Gasteiger partial charge in [0, 0.05) is 18.0 Å². The zero-order valence-corrected chi connectivity index (χ0v) is 9.81. The molecule has 4 N–H and O–H groups in total. The maximum absolute atomic E-state index is 11.5. The van der Waals surface area contributed by atoms with E-state index < -0.39 is 17.9 Å². The summed E-state index contributed by atoms with van der Waals surface area (Å²) in [6.07, 6.45) is 2.99. The first-order valence-electron chi connectivity index (χ1n) is 5.28. The van der Waals surface area contributed by atoms with Crippen molar-refractivity contribution in [3.05, 3.63) is 30.1 Å². The smallest absolute Gasteiger partial charge is 0.269 e. The molecule has 1 atom stereocenters. The number of hydrazine groups is 1. The molecule has 0 unspecified atom stereocenters. The van der Waals surface area contributed by atoms with E-state index in [4.69, 9.17) is 5.73 Å². The Morgan fingerprint density at radius 1 is 1.24 bits per heavy atom. The number of pyridine rings is 1. The molecule has 1 rings (SSSR count). The second-order valence-corrected chi connectivity index (χ2v) is 3.95. The lowest BCUT2D eigenvalue weighted by Gasteiger charge is -2.15. The summed E-state index contributed by atoms with van der Waals surface area (Å²) in [6, 6.07) is 2.45. The van der Waals surface area contributed by atoms with Crippen LogP contribution >= 0.6 is 0 Å². The highest BCUT2D eigenvalue weighted by atomic mass is 16.2. The molecule has 0 saturated carbocycles. The van der Waals surface area contributed by atoms with E-state index in [0.29, 0.717) is 5.56 Å². The maximum Gasteiger partial charge on any atom is 0.269 e. The van der Waals surface area contributed by atoms with Crippen molar-refractivity contribution in [2.24, 2.45) is 11.7 Å². The van der Waals surface area contributed by atoms with Crippen LogP contribution in [0.3, 0.4) is 0 Å². The molecule has 0 aliphatic carbocycles. The predicted molar refractivity (Wildman–Crippen MR) is 62.7 cm³/mol. The number of carbonyl (C=O) groups is 2. The third kappa shape index (κ3) is 3.84. The number of carbonyl (C=O) groups excluding carboxylic acids is 2. The Bertz CT molecular complexity index is 392. The molecule has 1 aromatic heterocycles. The van der Waals surface area contributed by atoms with Gasteiger partial charge in [0.1, 0.15) is 0 Å². The normalized spacial score (nSPS) is 12.0. The topological polar surface area (TPSA) is 97.1 Å². The molecule has 0 fully saturated rings. The molecule has 6 nitrogen and oxygen atoms in total. The van der Waals surface area contributed by atoms with Gasteiger partial charge < -0.3 is 5.73 Å². The molecule has 0 aliphatic heterocycles. The Kier molecular flexibility index (Phi) is 4.59. The van der Waals surface area contributed by atoms with Gasteiger partial charge in [-0.3, -0.25) is 25.4 Å². The summed E-state index contributed by atoms with van der Waals surface area (Å²) in [5.41, 5.74) is 10.6. The van der Waals surface area contributed by atoms with Gasteiger partial charge in [0.15, 0.2) is 0 Å². The number of amides is 2. The zero-order valence-electron chi connectivity index (χ0n) is 9.81. The van der Waals surface area contributed by atoms with Gasteiger partial charge in [0.2, 0.25) is 0 Å². The first-order chi connectivity index (χ1) is 8.02. The summed E-state index contributed by atoms with van der Waals surface area (Å²) in [4.78, 5) is 26.8. The number of nitrogens with zero attached hydrogens (tertiary/aromatic N) is 1. The molecule has 17 heavy (non-hydrogen) atoms. The first-order valence-corrected chi connectivity index (χ1v) is 5.28. The van der Waals surface area contributed by atoms with E-state index in [9.17, 15) is 9.59 Å².